The molecule has 0 heterocycles. The Labute approximate surface area is 109 Å². The van der Waals surface area contributed by atoms with Gasteiger partial charge in [-0.25, -0.2) is 0 Å². The van der Waals surface area contributed by atoms with Gasteiger partial charge in [-0.2, -0.15) is 0 Å². The molecule has 0 bridgehead atoms. The van der Waals surface area contributed by atoms with E-state index in [1.54, 1.807) is 11.9 Å². The molecule has 1 amide bonds. The lowest BCUT2D eigenvalue weighted by molar-refractivity contribution is -0.132. The van der Waals surface area contributed by atoms with E-state index in [9.17, 15) is 9.90 Å². The van der Waals surface area contributed by atoms with Crippen molar-refractivity contribution in [2.75, 3.05) is 27.3 Å². The summed E-state index contributed by atoms with van der Waals surface area (Å²) >= 11 is 0. The van der Waals surface area contributed by atoms with Crippen molar-refractivity contribution in [1.29, 1.82) is 0 Å². The molecule has 0 aromatic carbocycles. The second-order valence-corrected chi connectivity index (χ2v) is 5.38. The molecule has 0 radical (unpaired) electrons. The number of ether oxygens (including phenoxy) is 1. The van der Waals surface area contributed by atoms with Crippen LogP contribution in [0.2, 0.25) is 0 Å². The topological polar surface area (TPSA) is 75.8 Å². The average Bonchev–Trinajstić information content (AvgIpc) is 2.29. The highest BCUT2D eigenvalue weighted by atomic mass is 16.5. The number of methoxy groups -OCH3 is 1. The summed E-state index contributed by atoms with van der Waals surface area (Å²) < 4.78 is 4.84. The molecule has 1 aliphatic carbocycles. The quantitative estimate of drug-likeness (QED) is 0.721. The van der Waals surface area contributed by atoms with Gasteiger partial charge in [-0.3, -0.25) is 4.79 Å². The number of rotatable bonds is 6. The molecule has 0 aromatic rings. The molecule has 3 N–H and O–H groups in total. The zero-order valence-electron chi connectivity index (χ0n) is 11.5. The van der Waals surface area contributed by atoms with Crippen LogP contribution in [0.3, 0.4) is 0 Å². The number of hydrogen-bond donors (Lipinski definition) is 2. The molecule has 3 atom stereocenters. The van der Waals surface area contributed by atoms with E-state index in [1.165, 1.54) is 7.11 Å². The van der Waals surface area contributed by atoms with Gasteiger partial charge in [0.05, 0.1) is 12.7 Å². The molecule has 0 aliphatic heterocycles. The Balaban J connectivity index is 2.30. The van der Waals surface area contributed by atoms with Crippen molar-refractivity contribution in [1.82, 2.24) is 4.90 Å². The molecule has 5 nitrogen and oxygen atoms in total. The zero-order chi connectivity index (χ0) is 13.5. The molecular formula is C13H26N2O3. The van der Waals surface area contributed by atoms with E-state index in [0.717, 1.165) is 25.7 Å². The van der Waals surface area contributed by atoms with E-state index in [2.05, 4.69) is 0 Å². The van der Waals surface area contributed by atoms with Crippen molar-refractivity contribution in [2.45, 2.75) is 44.2 Å². The molecule has 0 saturated heterocycles. The third kappa shape index (κ3) is 5.33. The van der Waals surface area contributed by atoms with E-state index in [4.69, 9.17) is 10.5 Å². The van der Waals surface area contributed by atoms with E-state index in [0.29, 0.717) is 18.9 Å². The van der Waals surface area contributed by atoms with Crippen molar-refractivity contribution in [2.24, 2.45) is 11.7 Å². The molecule has 1 aliphatic rings. The summed E-state index contributed by atoms with van der Waals surface area (Å²) in [5, 5.41) is 9.58. The minimum Gasteiger partial charge on any atom is -0.389 e. The van der Waals surface area contributed by atoms with E-state index in [-0.39, 0.29) is 18.6 Å². The Morgan fingerprint density at radius 3 is 2.89 bits per heavy atom. The first-order chi connectivity index (χ1) is 8.52. The number of carbonyl (C=O) groups is 1. The second kappa shape index (κ2) is 7.71. The maximum Gasteiger partial charge on any atom is 0.222 e. The van der Waals surface area contributed by atoms with E-state index >= 15 is 0 Å². The Bertz CT molecular complexity index is 261. The second-order valence-electron chi connectivity index (χ2n) is 5.38. The highest BCUT2D eigenvalue weighted by Crippen LogP contribution is 2.26. The van der Waals surface area contributed by atoms with Gasteiger partial charge in [0, 0.05) is 33.2 Å². The number of aliphatic hydroxyl groups excluding tert-OH is 1. The molecule has 18 heavy (non-hydrogen) atoms. The maximum absolute atomic E-state index is 12.0. The predicted octanol–water partition coefficient (Wildman–Crippen LogP) is 0.360. The highest BCUT2D eigenvalue weighted by molar-refractivity contribution is 5.76. The number of hydrogen-bond acceptors (Lipinski definition) is 4. The van der Waals surface area contributed by atoms with Crippen LogP contribution >= 0.6 is 0 Å². The Hall–Kier alpha value is -0.650. The van der Waals surface area contributed by atoms with Gasteiger partial charge in [-0.1, -0.05) is 6.42 Å². The molecular weight excluding hydrogens is 232 g/mol. The van der Waals surface area contributed by atoms with Crippen LogP contribution in [0.25, 0.3) is 0 Å². The number of nitrogens with zero attached hydrogens (tertiary/aromatic N) is 1. The summed E-state index contributed by atoms with van der Waals surface area (Å²) in [6, 6.07) is 0.251. The minimum atomic E-state index is -0.613. The molecule has 1 rings (SSSR count). The predicted molar refractivity (Wildman–Crippen MR) is 70.1 cm³/mol. The minimum absolute atomic E-state index is 0.0873. The van der Waals surface area contributed by atoms with Crippen molar-refractivity contribution in [3.05, 3.63) is 0 Å². The van der Waals surface area contributed by atoms with Gasteiger partial charge < -0.3 is 20.5 Å². The summed E-state index contributed by atoms with van der Waals surface area (Å²) in [4.78, 5) is 13.6. The number of nitrogens with two attached hydrogens (primary N) is 1. The lowest BCUT2D eigenvalue weighted by atomic mass is 9.84. The molecule has 1 fully saturated rings. The lowest BCUT2D eigenvalue weighted by Gasteiger charge is -2.28. The molecule has 5 heteroatoms. The fraction of sp³-hybridized carbons (Fsp3) is 0.923. The van der Waals surface area contributed by atoms with Gasteiger partial charge in [0.2, 0.25) is 5.91 Å². The SMILES string of the molecule is COCC(O)CN(C)C(=O)CC1CCCC(N)C1. The van der Waals surface area contributed by atoms with Gasteiger partial charge in [0.25, 0.3) is 0 Å². The number of likely N-dealkylation sites (N-methyl/N-ethyl adjacent to an activating group) is 1. The monoisotopic (exact) mass is 258 g/mol. The van der Waals surface area contributed by atoms with Crippen LogP contribution in [0.1, 0.15) is 32.1 Å². The highest BCUT2D eigenvalue weighted by Gasteiger charge is 2.23. The summed E-state index contributed by atoms with van der Waals surface area (Å²) in [5.74, 6) is 0.493. The smallest absolute Gasteiger partial charge is 0.222 e. The van der Waals surface area contributed by atoms with E-state index in [1.807, 2.05) is 0 Å². The van der Waals surface area contributed by atoms with Crippen molar-refractivity contribution < 1.29 is 14.6 Å². The Morgan fingerprint density at radius 1 is 1.56 bits per heavy atom. The van der Waals surface area contributed by atoms with Crippen molar-refractivity contribution in [3.8, 4) is 0 Å². The molecule has 0 spiro atoms. The van der Waals surface area contributed by atoms with Crippen LogP contribution in [0.15, 0.2) is 0 Å². The Morgan fingerprint density at radius 2 is 2.28 bits per heavy atom. The lowest BCUT2D eigenvalue weighted by Crippen LogP contribution is -2.38. The maximum atomic E-state index is 12.0. The van der Waals surface area contributed by atoms with E-state index < -0.39 is 6.10 Å². The summed E-state index contributed by atoms with van der Waals surface area (Å²) in [6.45, 7) is 0.581. The Kier molecular flexibility index (Phi) is 6.60. The molecule has 1 saturated carbocycles. The van der Waals surface area contributed by atoms with Gasteiger partial charge >= 0.3 is 0 Å². The summed E-state index contributed by atoms with van der Waals surface area (Å²) in [7, 11) is 3.26. The average molecular weight is 258 g/mol. The van der Waals surface area contributed by atoms with Crippen LogP contribution < -0.4 is 5.73 Å². The largest absolute Gasteiger partial charge is 0.389 e. The molecule has 106 valence electrons. The first-order valence-electron chi connectivity index (χ1n) is 6.69. The fourth-order valence-corrected chi connectivity index (χ4v) is 2.58. The van der Waals surface area contributed by atoms with Gasteiger partial charge in [0.1, 0.15) is 0 Å². The van der Waals surface area contributed by atoms with Crippen LogP contribution in [0.4, 0.5) is 0 Å². The first kappa shape index (κ1) is 15.4. The fourth-order valence-electron chi connectivity index (χ4n) is 2.58. The summed E-state index contributed by atoms with van der Waals surface area (Å²) in [6.07, 6.45) is 4.16. The standard InChI is InChI=1S/C13H26N2O3/c1-15(8-12(16)9-18-2)13(17)7-10-4-3-5-11(14)6-10/h10-12,16H,3-9,14H2,1-2H3. The molecule has 0 aromatic heterocycles. The van der Waals surface area contributed by atoms with Crippen LogP contribution in [-0.4, -0.2) is 55.4 Å². The van der Waals surface area contributed by atoms with Gasteiger partial charge in [0.15, 0.2) is 0 Å². The first-order valence-corrected chi connectivity index (χ1v) is 6.69. The number of aliphatic hydroxyl groups is 1. The van der Waals surface area contributed by atoms with Crippen molar-refractivity contribution >= 4 is 5.91 Å². The zero-order valence-corrected chi connectivity index (χ0v) is 11.5. The third-order valence-electron chi connectivity index (χ3n) is 3.56. The van der Waals surface area contributed by atoms with Crippen LogP contribution in [0.5, 0.6) is 0 Å². The third-order valence-corrected chi connectivity index (χ3v) is 3.56. The number of carbonyl (C=O) groups excluding carboxylic acids is 1. The summed E-state index contributed by atoms with van der Waals surface area (Å²) in [5.41, 5.74) is 5.92. The van der Waals surface area contributed by atoms with Crippen LogP contribution in [-0.2, 0) is 9.53 Å². The number of amides is 1. The van der Waals surface area contributed by atoms with Gasteiger partial charge in [-0.05, 0) is 25.2 Å². The van der Waals surface area contributed by atoms with Crippen molar-refractivity contribution in [3.63, 3.8) is 0 Å². The molecule has 3 unspecified atom stereocenters. The van der Waals surface area contributed by atoms with Crippen LogP contribution in [0, 0.1) is 5.92 Å². The van der Waals surface area contributed by atoms with Gasteiger partial charge in [-0.15, -0.1) is 0 Å². The normalized spacial score (nSPS) is 25.8.